The molecule has 0 N–H and O–H groups in total. The number of carbonyl (C=O) groups excluding carboxylic acids is 1. The van der Waals surface area contributed by atoms with Gasteiger partial charge in [-0.05, 0) is 44.0 Å². The van der Waals surface area contributed by atoms with Gasteiger partial charge in [0, 0.05) is 17.4 Å². The molecule has 0 aliphatic carbocycles. The van der Waals surface area contributed by atoms with E-state index in [9.17, 15) is 4.79 Å². The zero-order valence-electron chi connectivity index (χ0n) is 14.2. The maximum absolute atomic E-state index is 12.5. The van der Waals surface area contributed by atoms with Crippen LogP contribution in [-0.2, 0) is 4.74 Å². The van der Waals surface area contributed by atoms with Crippen LogP contribution in [0.5, 0.6) is 0 Å². The molecule has 3 rings (SSSR count). The molecule has 0 amide bonds. The third-order valence-corrected chi connectivity index (χ3v) is 4.12. The van der Waals surface area contributed by atoms with Gasteiger partial charge in [0.2, 0.25) is 0 Å². The Labute approximate surface area is 142 Å². The Balaban J connectivity index is 2.19. The van der Waals surface area contributed by atoms with Gasteiger partial charge in [0.05, 0.1) is 6.61 Å². The monoisotopic (exact) mass is 319 g/mol. The first-order valence-corrected chi connectivity index (χ1v) is 8.13. The SMILES string of the molecule is CCOC(=O)c1c(C)c(-c2ccccc2)cn1-c1ccc(C)cc1. The summed E-state index contributed by atoms with van der Waals surface area (Å²) in [6, 6.07) is 18.2. The quantitative estimate of drug-likeness (QED) is 0.638. The van der Waals surface area contributed by atoms with Gasteiger partial charge in [-0.1, -0.05) is 48.0 Å². The molecule has 3 heteroatoms. The average molecular weight is 319 g/mol. The fraction of sp³-hybridized carbons (Fsp3) is 0.190. The van der Waals surface area contributed by atoms with Gasteiger partial charge in [0.15, 0.2) is 0 Å². The van der Waals surface area contributed by atoms with Gasteiger partial charge < -0.3 is 9.30 Å². The van der Waals surface area contributed by atoms with Crippen LogP contribution >= 0.6 is 0 Å². The van der Waals surface area contributed by atoms with E-state index in [1.54, 1.807) is 0 Å². The standard InChI is InChI=1S/C21H21NO2/c1-4-24-21(23)20-16(3)19(17-8-6-5-7-9-17)14-22(20)18-12-10-15(2)11-13-18/h5-14H,4H2,1-3H3. The Kier molecular flexibility index (Phi) is 4.52. The average Bonchev–Trinajstić information content (AvgIpc) is 2.94. The van der Waals surface area contributed by atoms with Gasteiger partial charge in [-0.15, -0.1) is 0 Å². The minimum Gasteiger partial charge on any atom is -0.461 e. The van der Waals surface area contributed by atoms with Gasteiger partial charge in [-0.3, -0.25) is 0 Å². The van der Waals surface area contributed by atoms with Crippen LogP contribution in [0.1, 0.15) is 28.5 Å². The molecule has 3 aromatic rings. The number of benzene rings is 2. The first kappa shape index (κ1) is 16.1. The summed E-state index contributed by atoms with van der Waals surface area (Å²) in [5, 5.41) is 0. The number of rotatable bonds is 4. The maximum atomic E-state index is 12.5. The number of aromatic nitrogens is 1. The minimum absolute atomic E-state index is 0.294. The summed E-state index contributed by atoms with van der Waals surface area (Å²) in [4.78, 5) is 12.5. The molecule has 0 unspecified atom stereocenters. The highest BCUT2D eigenvalue weighted by molar-refractivity contribution is 5.93. The molecule has 24 heavy (non-hydrogen) atoms. The molecular formula is C21H21NO2. The molecule has 0 spiro atoms. The molecule has 0 aliphatic heterocycles. The lowest BCUT2D eigenvalue weighted by Crippen LogP contribution is -2.12. The second kappa shape index (κ2) is 6.75. The Hall–Kier alpha value is -2.81. The van der Waals surface area contributed by atoms with Crippen molar-refractivity contribution in [3.05, 3.63) is 77.6 Å². The van der Waals surface area contributed by atoms with E-state index < -0.39 is 0 Å². The number of hydrogen-bond donors (Lipinski definition) is 0. The predicted molar refractivity (Wildman–Crippen MR) is 96.6 cm³/mol. The molecule has 0 atom stereocenters. The molecule has 0 aliphatic rings. The number of aryl methyl sites for hydroxylation is 1. The van der Waals surface area contributed by atoms with Crippen molar-refractivity contribution in [3.63, 3.8) is 0 Å². The summed E-state index contributed by atoms with van der Waals surface area (Å²) >= 11 is 0. The Morgan fingerprint density at radius 1 is 1.00 bits per heavy atom. The highest BCUT2D eigenvalue weighted by atomic mass is 16.5. The van der Waals surface area contributed by atoms with Crippen molar-refractivity contribution >= 4 is 5.97 Å². The van der Waals surface area contributed by atoms with E-state index in [4.69, 9.17) is 4.74 Å². The molecule has 0 radical (unpaired) electrons. The molecule has 2 aromatic carbocycles. The molecule has 3 nitrogen and oxygen atoms in total. The lowest BCUT2D eigenvalue weighted by molar-refractivity contribution is 0.0516. The van der Waals surface area contributed by atoms with Crippen LogP contribution in [0.15, 0.2) is 60.8 Å². The van der Waals surface area contributed by atoms with Gasteiger partial charge in [-0.2, -0.15) is 0 Å². The zero-order chi connectivity index (χ0) is 17.1. The molecule has 0 saturated carbocycles. The number of carbonyl (C=O) groups is 1. The summed E-state index contributed by atoms with van der Waals surface area (Å²) in [5.74, 6) is -0.294. The van der Waals surface area contributed by atoms with Crippen molar-refractivity contribution in [3.8, 4) is 16.8 Å². The second-order valence-electron chi connectivity index (χ2n) is 5.81. The van der Waals surface area contributed by atoms with E-state index in [-0.39, 0.29) is 5.97 Å². The third-order valence-electron chi connectivity index (χ3n) is 4.12. The largest absolute Gasteiger partial charge is 0.461 e. The molecule has 0 fully saturated rings. The predicted octanol–water partition coefficient (Wildman–Crippen LogP) is 4.94. The maximum Gasteiger partial charge on any atom is 0.355 e. The van der Waals surface area contributed by atoms with Crippen molar-refractivity contribution in [1.29, 1.82) is 0 Å². The van der Waals surface area contributed by atoms with Gasteiger partial charge in [-0.25, -0.2) is 4.79 Å². The summed E-state index contributed by atoms with van der Waals surface area (Å²) < 4.78 is 7.21. The van der Waals surface area contributed by atoms with Crippen molar-refractivity contribution in [2.75, 3.05) is 6.61 Å². The van der Waals surface area contributed by atoms with Crippen LogP contribution in [-0.4, -0.2) is 17.1 Å². The van der Waals surface area contributed by atoms with Crippen LogP contribution in [0.2, 0.25) is 0 Å². The number of ether oxygens (including phenoxy) is 1. The van der Waals surface area contributed by atoms with Crippen LogP contribution < -0.4 is 0 Å². The fourth-order valence-electron chi connectivity index (χ4n) is 2.87. The topological polar surface area (TPSA) is 31.2 Å². The molecule has 122 valence electrons. The van der Waals surface area contributed by atoms with E-state index in [1.165, 1.54) is 5.56 Å². The Morgan fingerprint density at radius 3 is 2.29 bits per heavy atom. The van der Waals surface area contributed by atoms with Gasteiger partial charge >= 0.3 is 5.97 Å². The van der Waals surface area contributed by atoms with E-state index in [1.807, 2.05) is 74.0 Å². The fourth-order valence-corrected chi connectivity index (χ4v) is 2.87. The lowest BCUT2D eigenvalue weighted by atomic mass is 10.0. The van der Waals surface area contributed by atoms with E-state index in [2.05, 4.69) is 12.1 Å². The van der Waals surface area contributed by atoms with Crippen LogP contribution in [0.3, 0.4) is 0 Å². The summed E-state index contributed by atoms with van der Waals surface area (Å²) in [6.45, 7) is 6.20. The second-order valence-corrected chi connectivity index (χ2v) is 5.81. The Morgan fingerprint density at radius 2 is 1.67 bits per heavy atom. The Bertz CT molecular complexity index is 846. The van der Waals surface area contributed by atoms with Crippen LogP contribution in [0.4, 0.5) is 0 Å². The van der Waals surface area contributed by atoms with Gasteiger partial charge in [0.1, 0.15) is 5.69 Å². The normalized spacial score (nSPS) is 10.6. The first-order chi connectivity index (χ1) is 11.6. The van der Waals surface area contributed by atoms with E-state index >= 15 is 0 Å². The number of esters is 1. The van der Waals surface area contributed by atoms with Crippen LogP contribution in [0, 0.1) is 13.8 Å². The van der Waals surface area contributed by atoms with Crippen molar-refractivity contribution in [2.24, 2.45) is 0 Å². The third kappa shape index (κ3) is 2.98. The van der Waals surface area contributed by atoms with Crippen molar-refractivity contribution < 1.29 is 9.53 Å². The number of nitrogens with zero attached hydrogens (tertiary/aromatic N) is 1. The molecule has 1 heterocycles. The van der Waals surface area contributed by atoms with Gasteiger partial charge in [0.25, 0.3) is 0 Å². The molecule has 1 aromatic heterocycles. The first-order valence-electron chi connectivity index (χ1n) is 8.13. The molecular weight excluding hydrogens is 298 g/mol. The van der Waals surface area contributed by atoms with E-state index in [0.717, 1.165) is 22.4 Å². The van der Waals surface area contributed by atoms with Crippen molar-refractivity contribution in [2.45, 2.75) is 20.8 Å². The van der Waals surface area contributed by atoms with Crippen molar-refractivity contribution in [1.82, 2.24) is 4.57 Å². The lowest BCUT2D eigenvalue weighted by Gasteiger charge is -2.09. The highest BCUT2D eigenvalue weighted by Gasteiger charge is 2.21. The molecule has 0 saturated heterocycles. The highest BCUT2D eigenvalue weighted by Crippen LogP contribution is 2.30. The summed E-state index contributed by atoms with van der Waals surface area (Å²) in [7, 11) is 0. The van der Waals surface area contributed by atoms with E-state index in [0.29, 0.717) is 12.3 Å². The molecule has 0 bridgehead atoms. The number of hydrogen-bond acceptors (Lipinski definition) is 2. The summed E-state index contributed by atoms with van der Waals surface area (Å²) in [5.41, 5.74) is 5.78. The smallest absolute Gasteiger partial charge is 0.355 e. The minimum atomic E-state index is -0.294. The summed E-state index contributed by atoms with van der Waals surface area (Å²) in [6.07, 6.45) is 2.02. The zero-order valence-corrected chi connectivity index (χ0v) is 14.2. The van der Waals surface area contributed by atoms with Crippen LogP contribution in [0.25, 0.3) is 16.8 Å².